The van der Waals surface area contributed by atoms with Crippen LogP contribution in [0.5, 0.6) is 0 Å². The number of carbonyl (C=O) groups excluding carboxylic acids is 3. The Morgan fingerprint density at radius 1 is 0.917 bits per heavy atom. The van der Waals surface area contributed by atoms with E-state index >= 15 is 0 Å². The molecule has 2 aromatic carbocycles. The standard InChI is InChI=1S/C22H15Cl2N5O6S/c1-35-22(32)12-2-6-14(7-3-12)29-20(30)18(24)19(21(29)31)25-13-4-8-15(9-5-13)36(33,34)28-17-11-10-16(23)26-27-17/h2-11,25H,1H3,(H,27,28). The van der Waals surface area contributed by atoms with Gasteiger partial charge in [0.15, 0.2) is 11.0 Å². The smallest absolute Gasteiger partial charge is 0.337 e. The predicted octanol–water partition coefficient (Wildman–Crippen LogP) is 3.15. The molecule has 0 spiro atoms. The molecular weight excluding hydrogens is 533 g/mol. The average Bonchev–Trinajstić information content (AvgIpc) is 3.08. The largest absolute Gasteiger partial charge is 0.465 e. The number of hydrogen-bond acceptors (Lipinski definition) is 9. The second-order valence-electron chi connectivity index (χ2n) is 7.17. The summed E-state index contributed by atoms with van der Waals surface area (Å²) in [5, 5.41) is 9.73. The summed E-state index contributed by atoms with van der Waals surface area (Å²) in [6.07, 6.45) is 0. The van der Waals surface area contributed by atoms with Gasteiger partial charge in [-0.1, -0.05) is 23.2 Å². The molecule has 0 fully saturated rings. The maximum absolute atomic E-state index is 12.9. The first-order valence-corrected chi connectivity index (χ1v) is 12.2. The molecule has 2 N–H and O–H groups in total. The van der Waals surface area contributed by atoms with Gasteiger partial charge in [-0.15, -0.1) is 10.2 Å². The number of imide groups is 1. The molecule has 1 aromatic heterocycles. The number of esters is 1. The summed E-state index contributed by atoms with van der Waals surface area (Å²) < 4.78 is 32.1. The Hall–Kier alpha value is -4.00. The fraction of sp³-hybridized carbons (Fsp3) is 0.0455. The van der Waals surface area contributed by atoms with E-state index in [1.807, 2.05) is 0 Å². The molecule has 0 bridgehead atoms. The SMILES string of the molecule is COC(=O)c1ccc(N2C(=O)C(Cl)=C(Nc3ccc(S(=O)(=O)Nc4ccc(Cl)nn4)cc3)C2=O)cc1. The first-order chi connectivity index (χ1) is 17.1. The van der Waals surface area contributed by atoms with E-state index in [0.717, 1.165) is 4.90 Å². The fourth-order valence-corrected chi connectivity index (χ4v) is 4.45. The number of rotatable bonds is 7. The number of nitrogens with zero attached hydrogens (tertiary/aromatic N) is 3. The zero-order valence-corrected chi connectivity index (χ0v) is 20.6. The lowest BCUT2D eigenvalue weighted by Crippen LogP contribution is -2.32. The Morgan fingerprint density at radius 3 is 2.17 bits per heavy atom. The van der Waals surface area contributed by atoms with Crippen LogP contribution in [0.2, 0.25) is 5.15 Å². The molecule has 36 heavy (non-hydrogen) atoms. The molecular formula is C22H15Cl2N5O6S. The highest BCUT2D eigenvalue weighted by Crippen LogP contribution is 2.30. The first-order valence-electron chi connectivity index (χ1n) is 9.97. The number of amides is 2. The fourth-order valence-electron chi connectivity index (χ4n) is 3.14. The highest BCUT2D eigenvalue weighted by molar-refractivity contribution is 7.92. The third-order valence-corrected chi connectivity index (χ3v) is 6.80. The molecule has 0 atom stereocenters. The van der Waals surface area contributed by atoms with Crippen molar-refractivity contribution < 1.29 is 27.5 Å². The minimum atomic E-state index is -3.98. The molecule has 3 aromatic rings. The van der Waals surface area contributed by atoms with Crippen molar-refractivity contribution in [3.05, 3.63) is 82.1 Å². The summed E-state index contributed by atoms with van der Waals surface area (Å²) in [4.78, 5) is 38.0. The molecule has 2 amide bonds. The van der Waals surface area contributed by atoms with Crippen LogP contribution in [0.25, 0.3) is 0 Å². The first kappa shape index (κ1) is 25.1. The van der Waals surface area contributed by atoms with E-state index < -0.39 is 27.8 Å². The van der Waals surface area contributed by atoms with Crippen LogP contribution in [0.4, 0.5) is 17.2 Å². The molecule has 4 rings (SSSR count). The van der Waals surface area contributed by atoms with Gasteiger partial charge in [-0.2, -0.15) is 0 Å². The summed E-state index contributed by atoms with van der Waals surface area (Å²) in [7, 11) is -2.75. The Balaban J connectivity index is 1.50. The van der Waals surface area contributed by atoms with Gasteiger partial charge in [0.25, 0.3) is 21.8 Å². The zero-order chi connectivity index (χ0) is 26.0. The van der Waals surface area contributed by atoms with Crippen LogP contribution in [-0.4, -0.2) is 43.5 Å². The average molecular weight is 548 g/mol. The van der Waals surface area contributed by atoms with Crippen LogP contribution in [0.1, 0.15) is 10.4 Å². The highest BCUT2D eigenvalue weighted by atomic mass is 35.5. The van der Waals surface area contributed by atoms with E-state index in [9.17, 15) is 22.8 Å². The Morgan fingerprint density at radius 2 is 1.58 bits per heavy atom. The lowest BCUT2D eigenvalue weighted by Gasteiger charge is -2.15. The van der Waals surface area contributed by atoms with Crippen LogP contribution in [0.3, 0.4) is 0 Å². The lowest BCUT2D eigenvalue weighted by atomic mass is 10.2. The van der Waals surface area contributed by atoms with Gasteiger partial charge in [-0.25, -0.2) is 18.1 Å². The van der Waals surface area contributed by atoms with Crippen molar-refractivity contribution >= 4 is 68.2 Å². The maximum Gasteiger partial charge on any atom is 0.337 e. The zero-order valence-electron chi connectivity index (χ0n) is 18.2. The van der Waals surface area contributed by atoms with Gasteiger partial charge in [0.2, 0.25) is 0 Å². The normalized spacial score (nSPS) is 13.7. The number of halogens is 2. The second kappa shape index (κ2) is 9.93. The molecule has 0 unspecified atom stereocenters. The number of hydrogen-bond donors (Lipinski definition) is 2. The molecule has 1 aliphatic rings. The number of nitrogens with one attached hydrogen (secondary N) is 2. The van der Waals surface area contributed by atoms with Gasteiger partial charge in [0, 0.05) is 5.69 Å². The van der Waals surface area contributed by atoms with Crippen molar-refractivity contribution in [2.24, 2.45) is 0 Å². The van der Waals surface area contributed by atoms with E-state index in [-0.39, 0.29) is 37.8 Å². The van der Waals surface area contributed by atoms with E-state index in [4.69, 9.17) is 23.2 Å². The van der Waals surface area contributed by atoms with Gasteiger partial charge in [0.05, 0.1) is 23.3 Å². The van der Waals surface area contributed by atoms with Crippen molar-refractivity contribution in [1.82, 2.24) is 10.2 Å². The number of benzene rings is 2. The topological polar surface area (TPSA) is 148 Å². The van der Waals surface area contributed by atoms with Crippen molar-refractivity contribution in [3.63, 3.8) is 0 Å². The molecule has 0 saturated heterocycles. The van der Waals surface area contributed by atoms with E-state index in [0.29, 0.717) is 5.69 Å². The third kappa shape index (κ3) is 5.00. The minimum absolute atomic E-state index is 0.0201. The quantitative estimate of drug-likeness (QED) is 0.336. The van der Waals surface area contributed by atoms with E-state index in [2.05, 4.69) is 25.0 Å². The van der Waals surface area contributed by atoms with Crippen LogP contribution in [0, 0.1) is 0 Å². The van der Waals surface area contributed by atoms with E-state index in [1.165, 1.54) is 67.8 Å². The number of carbonyl (C=O) groups is 3. The summed E-state index contributed by atoms with van der Waals surface area (Å²) in [6.45, 7) is 0. The van der Waals surface area contributed by atoms with Gasteiger partial charge >= 0.3 is 5.97 Å². The minimum Gasteiger partial charge on any atom is -0.465 e. The molecule has 0 aliphatic carbocycles. The van der Waals surface area contributed by atoms with E-state index in [1.54, 1.807) is 0 Å². The Kier molecular flexibility index (Phi) is 6.93. The summed E-state index contributed by atoms with van der Waals surface area (Å²) in [6, 6.07) is 13.7. The van der Waals surface area contributed by atoms with Gasteiger partial charge in [0.1, 0.15) is 10.7 Å². The van der Waals surface area contributed by atoms with Crippen molar-refractivity contribution in [2.45, 2.75) is 4.90 Å². The number of methoxy groups -OCH3 is 1. The number of sulfonamides is 1. The molecule has 1 aliphatic heterocycles. The summed E-state index contributed by atoms with van der Waals surface area (Å²) >= 11 is 11.8. The number of aromatic nitrogens is 2. The lowest BCUT2D eigenvalue weighted by molar-refractivity contribution is -0.120. The third-order valence-electron chi connectivity index (χ3n) is 4.88. The van der Waals surface area contributed by atoms with Crippen LogP contribution >= 0.6 is 23.2 Å². The van der Waals surface area contributed by atoms with Crippen LogP contribution in [0.15, 0.2) is 76.3 Å². The Bertz CT molecular complexity index is 1490. The predicted molar refractivity (Wildman–Crippen MR) is 131 cm³/mol. The molecule has 14 heteroatoms. The molecule has 184 valence electrons. The number of ether oxygens (including phenoxy) is 1. The summed E-state index contributed by atoms with van der Waals surface area (Å²) in [5.41, 5.74) is 0.553. The van der Waals surface area contributed by atoms with Gasteiger partial charge < -0.3 is 10.1 Å². The van der Waals surface area contributed by atoms with Gasteiger partial charge in [-0.05, 0) is 60.7 Å². The van der Waals surface area contributed by atoms with Crippen molar-refractivity contribution in [3.8, 4) is 0 Å². The molecule has 0 saturated carbocycles. The Labute approximate surface area is 214 Å². The molecule has 11 nitrogen and oxygen atoms in total. The summed E-state index contributed by atoms with van der Waals surface area (Å²) in [5.74, 6) is -2.08. The van der Waals surface area contributed by atoms with Crippen molar-refractivity contribution in [1.29, 1.82) is 0 Å². The highest BCUT2D eigenvalue weighted by Gasteiger charge is 2.39. The molecule has 2 heterocycles. The van der Waals surface area contributed by atoms with Crippen molar-refractivity contribution in [2.75, 3.05) is 22.0 Å². The maximum atomic E-state index is 12.9. The van der Waals surface area contributed by atoms with Crippen LogP contribution in [-0.2, 0) is 24.3 Å². The van der Waals surface area contributed by atoms with Gasteiger partial charge in [-0.3, -0.25) is 14.3 Å². The van der Waals surface area contributed by atoms with Crippen LogP contribution < -0.4 is 14.9 Å². The number of anilines is 3. The second-order valence-corrected chi connectivity index (χ2v) is 9.62. The molecule has 0 radical (unpaired) electrons. The monoisotopic (exact) mass is 547 g/mol.